The second kappa shape index (κ2) is 10.7. The van der Waals surface area contributed by atoms with Gasteiger partial charge in [0, 0.05) is 23.2 Å². The number of benzene rings is 2. The molecule has 5 rings (SSSR count). The van der Waals surface area contributed by atoms with Crippen LogP contribution in [0.15, 0.2) is 68.0 Å². The molecule has 1 saturated heterocycles. The van der Waals surface area contributed by atoms with Crippen LogP contribution in [0, 0.1) is 6.92 Å². The van der Waals surface area contributed by atoms with Crippen molar-refractivity contribution in [3.63, 3.8) is 0 Å². The first-order valence-electron chi connectivity index (χ1n) is 11.8. The first-order valence-corrected chi connectivity index (χ1v) is 13.5. The Morgan fingerprint density at radius 1 is 1.14 bits per heavy atom. The lowest BCUT2D eigenvalue weighted by Crippen LogP contribution is -2.40. The Bertz CT molecular complexity index is 1500. The summed E-state index contributed by atoms with van der Waals surface area (Å²) in [6.45, 7) is 3.43. The summed E-state index contributed by atoms with van der Waals surface area (Å²) in [4.78, 5) is 28.1. The molecule has 0 saturated carbocycles. The summed E-state index contributed by atoms with van der Waals surface area (Å²) in [6, 6.07) is 14.9. The summed E-state index contributed by atoms with van der Waals surface area (Å²) in [5, 5.41) is 2.47. The van der Waals surface area contributed by atoms with Gasteiger partial charge in [-0.15, -0.1) is 11.3 Å². The lowest BCUT2D eigenvalue weighted by atomic mass is 10.1. The molecule has 2 aromatic carbocycles. The maximum absolute atomic E-state index is 13.9. The Hall–Kier alpha value is -2.72. The molecule has 0 spiro atoms. The van der Waals surface area contributed by atoms with Crippen LogP contribution in [-0.2, 0) is 16.0 Å². The molecule has 1 aliphatic heterocycles. The molecule has 0 unspecified atom stereocenters. The van der Waals surface area contributed by atoms with Gasteiger partial charge in [0.15, 0.2) is 0 Å². The summed E-state index contributed by atoms with van der Waals surface area (Å²) < 4.78 is 21.5. The van der Waals surface area contributed by atoms with Crippen LogP contribution in [0.3, 0.4) is 0 Å². The third kappa shape index (κ3) is 4.80. The van der Waals surface area contributed by atoms with Crippen LogP contribution in [0.4, 0.5) is 0 Å². The number of halogens is 1. The van der Waals surface area contributed by atoms with Crippen LogP contribution < -0.4 is 16.0 Å². The quantitative estimate of drug-likeness (QED) is 0.304. The van der Waals surface area contributed by atoms with E-state index in [1.807, 2.05) is 48.7 Å². The zero-order chi connectivity index (χ0) is 25.2. The van der Waals surface area contributed by atoms with Crippen molar-refractivity contribution >= 4 is 37.5 Å². The Kier molecular flexibility index (Phi) is 7.43. The van der Waals surface area contributed by atoms with E-state index in [0.29, 0.717) is 34.9 Å². The van der Waals surface area contributed by atoms with E-state index in [4.69, 9.17) is 14.2 Å². The SMILES string of the molecule is COc1ccccc1[C@H](Cn1c(=O)n(-c2cccc(Br)c2)c(=O)c2c(C)csc21)OC1CCOCC1. The monoisotopic (exact) mass is 570 g/mol. The van der Waals surface area contributed by atoms with E-state index in [-0.39, 0.29) is 18.2 Å². The van der Waals surface area contributed by atoms with Gasteiger partial charge in [0.25, 0.3) is 5.56 Å². The second-order valence-electron chi connectivity index (χ2n) is 8.79. The lowest BCUT2D eigenvalue weighted by molar-refractivity contribution is -0.0752. The Labute approximate surface area is 221 Å². The maximum atomic E-state index is 13.9. The van der Waals surface area contributed by atoms with Crippen LogP contribution in [0.5, 0.6) is 5.75 Å². The largest absolute Gasteiger partial charge is 0.496 e. The van der Waals surface area contributed by atoms with Crippen molar-refractivity contribution in [2.24, 2.45) is 0 Å². The van der Waals surface area contributed by atoms with Gasteiger partial charge in [-0.2, -0.15) is 0 Å². The topological polar surface area (TPSA) is 71.7 Å². The molecule has 0 N–H and O–H groups in total. The molecule has 3 heterocycles. The number of aromatic nitrogens is 2. The summed E-state index contributed by atoms with van der Waals surface area (Å²) in [6.07, 6.45) is 1.11. The Balaban J connectivity index is 1.68. The molecule has 36 heavy (non-hydrogen) atoms. The zero-order valence-corrected chi connectivity index (χ0v) is 22.5. The van der Waals surface area contributed by atoms with Crippen molar-refractivity contribution < 1.29 is 14.2 Å². The molecule has 1 aliphatic rings. The fourth-order valence-electron chi connectivity index (χ4n) is 4.66. The average Bonchev–Trinajstić information content (AvgIpc) is 3.28. The highest BCUT2D eigenvalue weighted by molar-refractivity contribution is 9.10. The smallest absolute Gasteiger partial charge is 0.336 e. The first-order chi connectivity index (χ1) is 17.5. The number of hydrogen-bond acceptors (Lipinski definition) is 6. The summed E-state index contributed by atoms with van der Waals surface area (Å²) >= 11 is 4.86. The molecule has 9 heteroatoms. The highest BCUT2D eigenvalue weighted by Gasteiger charge is 2.26. The van der Waals surface area contributed by atoms with E-state index in [1.54, 1.807) is 23.8 Å². The van der Waals surface area contributed by atoms with Gasteiger partial charge in [-0.3, -0.25) is 9.36 Å². The van der Waals surface area contributed by atoms with Gasteiger partial charge in [0.1, 0.15) is 16.7 Å². The van der Waals surface area contributed by atoms with Crippen LogP contribution in [0.1, 0.15) is 30.1 Å². The summed E-state index contributed by atoms with van der Waals surface area (Å²) in [5.74, 6) is 0.696. The minimum absolute atomic E-state index is 0.000843. The van der Waals surface area contributed by atoms with E-state index < -0.39 is 11.8 Å². The molecular weight excluding hydrogens is 544 g/mol. The zero-order valence-electron chi connectivity index (χ0n) is 20.1. The first kappa shape index (κ1) is 25.0. The van der Waals surface area contributed by atoms with E-state index >= 15 is 0 Å². The van der Waals surface area contributed by atoms with Crippen LogP contribution in [-0.4, -0.2) is 35.6 Å². The van der Waals surface area contributed by atoms with E-state index in [1.165, 1.54) is 15.9 Å². The van der Waals surface area contributed by atoms with Gasteiger partial charge >= 0.3 is 5.69 Å². The maximum Gasteiger partial charge on any atom is 0.336 e. The van der Waals surface area contributed by atoms with E-state index in [2.05, 4.69) is 15.9 Å². The van der Waals surface area contributed by atoms with Crippen LogP contribution in [0.25, 0.3) is 15.9 Å². The van der Waals surface area contributed by atoms with Crippen LogP contribution >= 0.6 is 27.3 Å². The summed E-state index contributed by atoms with van der Waals surface area (Å²) in [7, 11) is 1.63. The van der Waals surface area contributed by atoms with Crippen molar-refractivity contribution in [2.75, 3.05) is 20.3 Å². The summed E-state index contributed by atoms with van der Waals surface area (Å²) in [5.41, 5.74) is 1.50. The number of hydrogen-bond donors (Lipinski definition) is 0. The molecule has 188 valence electrons. The van der Waals surface area contributed by atoms with Crippen molar-refractivity contribution in [3.05, 3.63) is 90.3 Å². The lowest BCUT2D eigenvalue weighted by Gasteiger charge is -2.29. The fraction of sp³-hybridized carbons (Fsp3) is 0.333. The van der Waals surface area contributed by atoms with Crippen molar-refractivity contribution in [1.82, 2.24) is 9.13 Å². The second-order valence-corrected chi connectivity index (χ2v) is 10.6. The number of para-hydroxylation sites is 1. The van der Waals surface area contributed by atoms with Crippen molar-refractivity contribution in [2.45, 2.75) is 38.5 Å². The van der Waals surface area contributed by atoms with Gasteiger partial charge in [0.05, 0.1) is 30.8 Å². The van der Waals surface area contributed by atoms with Gasteiger partial charge in [-0.1, -0.05) is 40.2 Å². The Morgan fingerprint density at radius 3 is 2.67 bits per heavy atom. The number of rotatable bonds is 7. The molecule has 0 bridgehead atoms. The molecule has 2 aromatic heterocycles. The molecule has 7 nitrogen and oxygen atoms in total. The van der Waals surface area contributed by atoms with E-state index in [0.717, 1.165) is 28.4 Å². The number of aryl methyl sites for hydroxylation is 1. The molecule has 1 atom stereocenters. The molecule has 0 amide bonds. The normalized spacial score (nSPS) is 15.3. The number of ether oxygens (including phenoxy) is 3. The van der Waals surface area contributed by atoms with Crippen LogP contribution in [0.2, 0.25) is 0 Å². The number of nitrogens with zero attached hydrogens (tertiary/aromatic N) is 2. The van der Waals surface area contributed by atoms with E-state index in [9.17, 15) is 9.59 Å². The minimum atomic E-state index is -0.457. The van der Waals surface area contributed by atoms with Crippen molar-refractivity contribution in [1.29, 1.82) is 0 Å². The molecule has 0 aliphatic carbocycles. The van der Waals surface area contributed by atoms with Crippen molar-refractivity contribution in [3.8, 4) is 11.4 Å². The van der Waals surface area contributed by atoms with Gasteiger partial charge < -0.3 is 14.2 Å². The number of thiophene rings is 1. The molecule has 1 fully saturated rings. The average molecular weight is 571 g/mol. The minimum Gasteiger partial charge on any atom is -0.496 e. The standard InChI is InChI=1S/C27H27BrN2O5S/c1-17-16-36-26-24(17)25(31)30(19-7-5-6-18(28)14-19)27(32)29(26)15-23(35-20-10-12-34-13-11-20)21-8-3-4-9-22(21)33-2/h3-9,14,16,20,23H,10-13,15H2,1-2H3/t23-/m0/s1. The Morgan fingerprint density at radius 2 is 1.92 bits per heavy atom. The predicted octanol–water partition coefficient (Wildman–Crippen LogP) is 5.23. The molecule has 0 radical (unpaired) electrons. The van der Waals surface area contributed by atoms with Gasteiger partial charge in [0.2, 0.25) is 0 Å². The predicted molar refractivity (Wildman–Crippen MR) is 145 cm³/mol. The van der Waals surface area contributed by atoms with Gasteiger partial charge in [-0.25, -0.2) is 9.36 Å². The van der Waals surface area contributed by atoms with Gasteiger partial charge in [-0.05, 0) is 55.0 Å². The third-order valence-electron chi connectivity index (χ3n) is 6.47. The number of methoxy groups -OCH3 is 1. The number of fused-ring (bicyclic) bond motifs is 1. The third-order valence-corrected chi connectivity index (χ3v) is 8.08. The highest BCUT2D eigenvalue weighted by atomic mass is 79.9. The highest BCUT2D eigenvalue weighted by Crippen LogP contribution is 2.33. The fourth-order valence-corrected chi connectivity index (χ4v) is 6.10. The molecular formula is C27H27BrN2O5S. The molecule has 4 aromatic rings.